The molecule has 2 unspecified atom stereocenters. The van der Waals surface area contributed by atoms with Crippen LogP contribution < -0.4 is 5.32 Å². The molecule has 0 spiro atoms. The number of halogens is 3. The zero-order chi connectivity index (χ0) is 15.1. The summed E-state index contributed by atoms with van der Waals surface area (Å²) in [5, 5.41) is 4.00. The van der Waals surface area contributed by atoms with Gasteiger partial charge in [-0.1, -0.05) is 51.6 Å². The molecular formula is C16H24BrClFN. The van der Waals surface area contributed by atoms with Crippen LogP contribution in [0.25, 0.3) is 0 Å². The molecule has 0 heterocycles. The second kappa shape index (κ2) is 9.01. The molecule has 1 aromatic rings. The first-order valence-electron chi connectivity index (χ1n) is 7.42. The average Bonchev–Trinajstić information content (AvgIpc) is 2.42. The minimum absolute atomic E-state index is 0.0298. The highest BCUT2D eigenvalue weighted by Gasteiger charge is 2.24. The second-order valence-electron chi connectivity index (χ2n) is 5.13. The van der Waals surface area contributed by atoms with Crippen molar-refractivity contribution in [1.82, 2.24) is 5.32 Å². The standard InChI is InChI=1S/C16H24BrClFN/c1-4-7-8-11(5-2)16(20-6-3)12-9-14(18)13(17)10-15(12)19/h9-11,16,20H,4-8H2,1-3H3. The Morgan fingerprint density at radius 1 is 1.30 bits per heavy atom. The van der Waals surface area contributed by atoms with Crippen LogP contribution in [0.15, 0.2) is 16.6 Å². The highest BCUT2D eigenvalue weighted by Crippen LogP contribution is 2.34. The molecule has 1 nitrogen and oxygen atoms in total. The maximum absolute atomic E-state index is 14.3. The minimum atomic E-state index is -0.192. The number of nitrogens with one attached hydrogen (secondary N) is 1. The van der Waals surface area contributed by atoms with Crippen LogP contribution in [0.4, 0.5) is 4.39 Å². The number of benzene rings is 1. The molecule has 1 rings (SSSR count). The summed E-state index contributed by atoms with van der Waals surface area (Å²) in [6, 6.07) is 3.25. The van der Waals surface area contributed by atoms with Gasteiger partial charge in [-0.25, -0.2) is 4.39 Å². The topological polar surface area (TPSA) is 12.0 Å². The van der Waals surface area contributed by atoms with Gasteiger partial charge in [0.05, 0.1) is 5.02 Å². The number of rotatable bonds is 8. The molecule has 114 valence electrons. The van der Waals surface area contributed by atoms with Crippen LogP contribution in [0.1, 0.15) is 58.1 Å². The lowest BCUT2D eigenvalue weighted by Crippen LogP contribution is -2.29. The fourth-order valence-corrected chi connectivity index (χ4v) is 3.09. The van der Waals surface area contributed by atoms with Crippen molar-refractivity contribution in [2.75, 3.05) is 6.54 Å². The first kappa shape index (κ1) is 17.9. The van der Waals surface area contributed by atoms with Crippen molar-refractivity contribution in [3.63, 3.8) is 0 Å². The zero-order valence-electron chi connectivity index (χ0n) is 12.5. The van der Waals surface area contributed by atoms with Crippen LogP contribution in [0.5, 0.6) is 0 Å². The second-order valence-corrected chi connectivity index (χ2v) is 6.40. The number of hydrogen-bond acceptors (Lipinski definition) is 1. The fraction of sp³-hybridized carbons (Fsp3) is 0.625. The van der Waals surface area contributed by atoms with Gasteiger partial charge in [0.15, 0.2) is 0 Å². The third kappa shape index (κ3) is 4.71. The monoisotopic (exact) mass is 363 g/mol. The lowest BCUT2D eigenvalue weighted by atomic mass is 9.86. The third-order valence-corrected chi connectivity index (χ3v) is 4.92. The summed E-state index contributed by atoms with van der Waals surface area (Å²) < 4.78 is 14.9. The van der Waals surface area contributed by atoms with Crippen LogP contribution >= 0.6 is 27.5 Å². The molecule has 0 aliphatic rings. The van der Waals surface area contributed by atoms with E-state index in [4.69, 9.17) is 11.6 Å². The molecule has 0 saturated carbocycles. The smallest absolute Gasteiger partial charge is 0.129 e. The summed E-state index contributed by atoms with van der Waals surface area (Å²) in [4.78, 5) is 0. The Morgan fingerprint density at radius 2 is 2.00 bits per heavy atom. The molecule has 0 aliphatic carbocycles. The molecule has 20 heavy (non-hydrogen) atoms. The van der Waals surface area contributed by atoms with Gasteiger partial charge in [0.25, 0.3) is 0 Å². The van der Waals surface area contributed by atoms with Crippen LogP contribution in [0.2, 0.25) is 5.02 Å². The molecule has 0 bridgehead atoms. The average molecular weight is 365 g/mol. The van der Waals surface area contributed by atoms with Crippen molar-refractivity contribution >= 4 is 27.5 Å². The van der Waals surface area contributed by atoms with Crippen LogP contribution in [0.3, 0.4) is 0 Å². The summed E-state index contributed by atoms with van der Waals surface area (Å²) in [7, 11) is 0. The van der Waals surface area contributed by atoms with E-state index in [2.05, 4.69) is 42.0 Å². The molecule has 0 amide bonds. The molecule has 4 heteroatoms. The van der Waals surface area contributed by atoms with Crippen molar-refractivity contribution in [3.8, 4) is 0 Å². The van der Waals surface area contributed by atoms with E-state index in [0.29, 0.717) is 21.0 Å². The van der Waals surface area contributed by atoms with Crippen LogP contribution in [-0.2, 0) is 0 Å². The van der Waals surface area contributed by atoms with Gasteiger partial charge in [0.2, 0.25) is 0 Å². The Hall–Kier alpha value is -0.120. The van der Waals surface area contributed by atoms with Crippen LogP contribution in [-0.4, -0.2) is 6.54 Å². The van der Waals surface area contributed by atoms with Gasteiger partial charge < -0.3 is 5.32 Å². The van der Waals surface area contributed by atoms with Gasteiger partial charge in [-0.2, -0.15) is 0 Å². The lowest BCUT2D eigenvalue weighted by molar-refractivity contribution is 0.320. The van der Waals surface area contributed by atoms with E-state index in [1.54, 1.807) is 6.07 Å². The fourth-order valence-electron chi connectivity index (χ4n) is 2.60. The van der Waals surface area contributed by atoms with Crippen molar-refractivity contribution in [2.45, 2.75) is 52.5 Å². The SMILES string of the molecule is CCCCC(CC)C(NCC)c1cc(Cl)c(Br)cc1F. The maximum Gasteiger partial charge on any atom is 0.129 e. The molecule has 0 radical (unpaired) electrons. The number of hydrogen-bond donors (Lipinski definition) is 1. The largest absolute Gasteiger partial charge is 0.310 e. The van der Waals surface area contributed by atoms with Crippen molar-refractivity contribution in [3.05, 3.63) is 33.0 Å². The van der Waals surface area contributed by atoms with Crippen molar-refractivity contribution < 1.29 is 4.39 Å². The highest BCUT2D eigenvalue weighted by atomic mass is 79.9. The molecule has 1 aromatic carbocycles. The van der Waals surface area contributed by atoms with E-state index in [0.717, 1.165) is 19.4 Å². The Bertz CT molecular complexity index is 425. The summed E-state index contributed by atoms with van der Waals surface area (Å²) in [5.74, 6) is 0.240. The third-order valence-electron chi connectivity index (χ3n) is 3.72. The first-order valence-corrected chi connectivity index (χ1v) is 8.59. The van der Waals surface area contributed by atoms with Gasteiger partial charge in [-0.3, -0.25) is 0 Å². The summed E-state index contributed by atoms with van der Waals surface area (Å²) >= 11 is 9.41. The summed E-state index contributed by atoms with van der Waals surface area (Å²) in [6.45, 7) is 7.23. The molecule has 0 saturated heterocycles. The lowest BCUT2D eigenvalue weighted by Gasteiger charge is -2.28. The van der Waals surface area contributed by atoms with E-state index in [-0.39, 0.29) is 11.9 Å². The van der Waals surface area contributed by atoms with Gasteiger partial charge >= 0.3 is 0 Å². The van der Waals surface area contributed by atoms with Gasteiger partial charge in [-0.15, -0.1) is 0 Å². The minimum Gasteiger partial charge on any atom is -0.310 e. The van der Waals surface area contributed by atoms with E-state index >= 15 is 0 Å². The maximum atomic E-state index is 14.3. The summed E-state index contributed by atoms with van der Waals surface area (Å²) in [5.41, 5.74) is 0.683. The van der Waals surface area contributed by atoms with Gasteiger partial charge in [0.1, 0.15) is 5.82 Å². The predicted molar refractivity (Wildman–Crippen MR) is 88.8 cm³/mol. The van der Waals surface area contributed by atoms with Crippen molar-refractivity contribution in [2.24, 2.45) is 5.92 Å². The molecule has 0 aromatic heterocycles. The summed E-state index contributed by atoms with van der Waals surface area (Å²) in [6.07, 6.45) is 4.48. The molecule has 0 aliphatic heterocycles. The van der Waals surface area contributed by atoms with Crippen molar-refractivity contribution in [1.29, 1.82) is 0 Å². The quantitative estimate of drug-likeness (QED) is 0.549. The van der Waals surface area contributed by atoms with Gasteiger partial charge in [0, 0.05) is 16.1 Å². The molecular weight excluding hydrogens is 341 g/mol. The van der Waals surface area contributed by atoms with E-state index in [9.17, 15) is 4.39 Å². The van der Waals surface area contributed by atoms with E-state index in [1.807, 2.05) is 0 Å². The van der Waals surface area contributed by atoms with Crippen LogP contribution in [0, 0.1) is 11.7 Å². The Kier molecular flexibility index (Phi) is 8.08. The molecule has 1 N–H and O–H groups in total. The normalized spacial score (nSPS) is 14.3. The molecule has 0 fully saturated rings. The van der Waals surface area contributed by atoms with E-state index in [1.165, 1.54) is 18.9 Å². The van der Waals surface area contributed by atoms with E-state index < -0.39 is 0 Å². The Balaban J connectivity index is 3.08. The van der Waals surface area contributed by atoms with Gasteiger partial charge in [-0.05, 0) is 46.9 Å². The predicted octanol–water partition coefficient (Wildman–Crippen LogP) is 6.11. The highest BCUT2D eigenvalue weighted by molar-refractivity contribution is 9.10. The Labute approximate surface area is 135 Å². The molecule has 2 atom stereocenters. The Morgan fingerprint density at radius 3 is 2.55 bits per heavy atom. The number of unbranched alkanes of at least 4 members (excludes halogenated alkanes) is 1. The first-order chi connectivity index (χ1) is 9.54. The zero-order valence-corrected chi connectivity index (χ0v) is 14.8.